The maximum absolute atomic E-state index is 13.3. The number of aromatic nitrogens is 1. The molecule has 0 spiro atoms. The molecule has 0 radical (unpaired) electrons. The zero-order valence-electron chi connectivity index (χ0n) is 24.2. The van der Waals surface area contributed by atoms with E-state index < -0.39 is 40.7 Å². The number of hydrogen-bond donors (Lipinski definition) is 2. The molecule has 232 valence electrons. The number of amides is 1. The van der Waals surface area contributed by atoms with E-state index in [4.69, 9.17) is 4.74 Å². The first-order valence-corrected chi connectivity index (χ1v) is 16.1. The molecular formula is C30H40F3N3O5S. The van der Waals surface area contributed by atoms with Gasteiger partial charge in [-0.2, -0.15) is 13.2 Å². The maximum Gasteiger partial charge on any atom is 0.391 e. The largest absolute Gasteiger partial charge is 0.391 e. The number of aliphatic hydroxyl groups is 1. The average Bonchev–Trinajstić information content (AvgIpc) is 3.32. The van der Waals surface area contributed by atoms with Crippen LogP contribution in [-0.4, -0.2) is 61.2 Å². The van der Waals surface area contributed by atoms with E-state index in [0.29, 0.717) is 37.1 Å². The monoisotopic (exact) mass is 611 g/mol. The Morgan fingerprint density at radius 3 is 2.40 bits per heavy atom. The van der Waals surface area contributed by atoms with Gasteiger partial charge >= 0.3 is 6.18 Å². The number of benzene rings is 1. The second-order valence-corrected chi connectivity index (χ2v) is 13.9. The molecule has 2 heterocycles. The number of carbonyl (C=O) groups excluding carboxylic acids is 1. The normalized spacial score (nSPS) is 22.2. The van der Waals surface area contributed by atoms with E-state index in [2.05, 4.69) is 29.0 Å². The van der Waals surface area contributed by atoms with Crippen molar-refractivity contribution in [2.24, 2.45) is 17.8 Å². The van der Waals surface area contributed by atoms with Crippen LogP contribution in [0.1, 0.15) is 85.7 Å². The molecule has 1 aliphatic heterocycles. The molecule has 12 heteroatoms. The van der Waals surface area contributed by atoms with Gasteiger partial charge in [-0.3, -0.25) is 14.7 Å². The molecule has 0 unspecified atom stereocenters. The van der Waals surface area contributed by atoms with Gasteiger partial charge in [0.25, 0.3) is 5.91 Å². The topological polar surface area (TPSA) is 109 Å². The highest BCUT2D eigenvalue weighted by Crippen LogP contribution is 2.43. The van der Waals surface area contributed by atoms with E-state index in [-0.39, 0.29) is 48.0 Å². The number of sulfone groups is 1. The predicted molar refractivity (Wildman–Crippen MR) is 151 cm³/mol. The van der Waals surface area contributed by atoms with Gasteiger partial charge in [0.15, 0.2) is 9.84 Å². The van der Waals surface area contributed by atoms with Gasteiger partial charge in [-0.15, -0.1) is 0 Å². The summed E-state index contributed by atoms with van der Waals surface area (Å²) >= 11 is 0. The second-order valence-electron chi connectivity index (χ2n) is 11.6. The Kier molecular flexibility index (Phi) is 10.3. The summed E-state index contributed by atoms with van der Waals surface area (Å²) in [5, 5.41) is 12.1. The third-order valence-corrected chi connectivity index (χ3v) is 10.2. The molecule has 2 atom stereocenters. The lowest BCUT2D eigenvalue weighted by atomic mass is 9.81. The van der Waals surface area contributed by atoms with Gasteiger partial charge < -0.3 is 15.2 Å². The summed E-state index contributed by atoms with van der Waals surface area (Å²) in [6, 6.07) is 7.38. The number of aliphatic hydroxyl groups excluding tert-OH is 1. The van der Waals surface area contributed by atoms with Crippen molar-refractivity contribution in [2.45, 2.75) is 76.2 Å². The molecular weight excluding hydrogens is 571 g/mol. The van der Waals surface area contributed by atoms with Gasteiger partial charge in [0.2, 0.25) is 0 Å². The van der Waals surface area contributed by atoms with E-state index >= 15 is 0 Å². The number of rotatable bonds is 11. The molecule has 0 saturated heterocycles. The number of alkyl halides is 3. The zero-order valence-corrected chi connectivity index (χ0v) is 25.0. The van der Waals surface area contributed by atoms with E-state index in [9.17, 15) is 31.5 Å². The molecule has 42 heavy (non-hydrogen) atoms. The van der Waals surface area contributed by atoms with Crippen LogP contribution in [0.5, 0.6) is 0 Å². The van der Waals surface area contributed by atoms with Crippen LogP contribution in [-0.2, 0) is 21.1 Å². The van der Waals surface area contributed by atoms with Crippen LogP contribution in [0, 0.1) is 17.8 Å². The minimum absolute atomic E-state index is 0.0149. The summed E-state index contributed by atoms with van der Waals surface area (Å²) in [6.45, 7) is 6.44. The van der Waals surface area contributed by atoms with Gasteiger partial charge in [0, 0.05) is 19.3 Å². The molecule has 1 saturated carbocycles. The Balaban J connectivity index is 1.47. The summed E-state index contributed by atoms with van der Waals surface area (Å²) in [4.78, 5) is 20.5. The summed E-state index contributed by atoms with van der Waals surface area (Å²) < 4.78 is 69.0. The molecule has 1 aromatic carbocycles. The fourth-order valence-corrected chi connectivity index (χ4v) is 7.04. The van der Waals surface area contributed by atoms with Gasteiger partial charge in [-0.25, -0.2) is 8.42 Å². The van der Waals surface area contributed by atoms with Crippen molar-refractivity contribution in [3.63, 3.8) is 0 Å². The van der Waals surface area contributed by atoms with Crippen LogP contribution >= 0.6 is 0 Å². The van der Waals surface area contributed by atoms with Crippen LogP contribution < -0.4 is 5.32 Å². The molecule has 4 rings (SSSR count). The Hall–Kier alpha value is -2.54. The highest BCUT2D eigenvalue weighted by atomic mass is 32.2. The first-order valence-electron chi connectivity index (χ1n) is 14.5. The van der Waals surface area contributed by atoms with Crippen molar-refractivity contribution < 1.29 is 36.2 Å². The van der Waals surface area contributed by atoms with Crippen molar-refractivity contribution in [3.8, 4) is 0 Å². The van der Waals surface area contributed by atoms with E-state index in [1.54, 1.807) is 19.1 Å². The number of halogens is 3. The second kappa shape index (κ2) is 13.4. The highest BCUT2D eigenvalue weighted by Gasteiger charge is 2.42. The lowest BCUT2D eigenvalue weighted by Gasteiger charge is -2.35. The number of hydrogen-bond acceptors (Lipinski definition) is 7. The van der Waals surface area contributed by atoms with Crippen LogP contribution in [0.15, 0.2) is 41.4 Å². The van der Waals surface area contributed by atoms with Gasteiger partial charge in [-0.1, -0.05) is 32.9 Å². The van der Waals surface area contributed by atoms with E-state index in [1.165, 1.54) is 18.3 Å². The summed E-state index contributed by atoms with van der Waals surface area (Å²) in [5.41, 5.74) is 2.77. The first-order chi connectivity index (χ1) is 19.8. The number of fused-ring (bicyclic) bond motifs is 1. The SMILES string of the molecule is CCS(=O)(=O)c1ccc([C@@H](COCO)NC(=O)c2cnc3c(c2)CN(CC2CCC(C(F)(F)F)CC2)[C@H]3C(C)C)cc1. The molecule has 1 fully saturated rings. The molecule has 1 aromatic heterocycles. The van der Waals surface area contributed by atoms with Crippen LogP contribution in [0.25, 0.3) is 0 Å². The molecule has 0 bridgehead atoms. The number of ether oxygens (including phenoxy) is 1. The van der Waals surface area contributed by atoms with Crippen molar-refractivity contribution in [1.82, 2.24) is 15.2 Å². The van der Waals surface area contributed by atoms with Crippen LogP contribution in [0.2, 0.25) is 0 Å². The zero-order chi connectivity index (χ0) is 30.7. The Bertz CT molecular complexity index is 1330. The quantitative estimate of drug-likeness (QED) is 0.337. The van der Waals surface area contributed by atoms with Crippen molar-refractivity contribution in [1.29, 1.82) is 0 Å². The third kappa shape index (κ3) is 7.50. The molecule has 2 aromatic rings. The molecule has 1 aliphatic carbocycles. The van der Waals surface area contributed by atoms with Gasteiger partial charge in [0.1, 0.15) is 6.79 Å². The summed E-state index contributed by atoms with van der Waals surface area (Å²) in [5.74, 6) is -1.22. The van der Waals surface area contributed by atoms with Crippen molar-refractivity contribution in [3.05, 3.63) is 58.9 Å². The summed E-state index contributed by atoms with van der Waals surface area (Å²) in [6.07, 6.45) is -1.16. The van der Waals surface area contributed by atoms with E-state index in [0.717, 1.165) is 11.3 Å². The van der Waals surface area contributed by atoms with Gasteiger partial charge in [0.05, 0.1) is 46.5 Å². The van der Waals surface area contributed by atoms with Gasteiger partial charge in [-0.05, 0) is 66.8 Å². The van der Waals surface area contributed by atoms with E-state index in [1.807, 2.05) is 6.07 Å². The minimum Gasteiger partial charge on any atom is -0.371 e. The standard InChI is InChI=1S/C30H40F3N3O5S/c1-4-42(39,40)25-11-7-21(8-12-25)26(17-41-18-37)35-29(38)22-13-23-16-36(28(19(2)3)27(23)34-14-22)15-20-5-9-24(10-6-20)30(31,32)33/h7-8,11-14,19-20,24,26,28,37H,4-6,9-10,15-18H2,1-3H3,(H,35,38)/t20?,24?,26-,28+/m1/s1. The minimum atomic E-state index is -4.13. The molecule has 2 N–H and O–H groups in total. The smallest absolute Gasteiger partial charge is 0.371 e. The number of pyridine rings is 1. The molecule has 8 nitrogen and oxygen atoms in total. The average molecular weight is 612 g/mol. The highest BCUT2D eigenvalue weighted by molar-refractivity contribution is 7.91. The first kappa shape index (κ1) is 32.4. The third-order valence-electron chi connectivity index (χ3n) is 8.45. The van der Waals surface area contributed by atoms with Crippen LogP contribution in [0.4, 0.5) is 13.2 Å². The predicted octanol–water partition coefficient (Wildman–Crippen LogP) is 5.19. The van der Waals surface area contributed by atoms with Crippen molar-refractivity contribution in [2.75, 3.05) is 25.7 Å². The molecule has 2 aliphatic rings. The number of nitrogens with one attached hydrogen (secondary N) is 1. The Morgan fingerprint density at radius 1 is 1.17 bits per heavy atom. The maximum atomic E-state index is 13.3. The number of nitrogens with zero attached hydrogens (tertiary/aromatic N) is 2. The lowest BCUT2D eigenvalue weighted by molar-refractivity contribution is -0.184. The molecule has 1 amide bonds. The van der Waals surface area contributed by atoms with Crippen molar-refractivity contribution >= 4 is 15.7 Å². The lowest BCUT2D eigenvalue weighted by Crippen LogP contribution is -2.35. The fourth-order valence-electron chi connectivity index (χ4n) is 6.16. The number of carbonyl (C=O) groups is 1. The Labute approximate surface area is 245 Å². The fraction of sp³-hybridized carbons (Fsp3) is 0.600. The Morgan fingerprint density at radius 2 is 1.83 bits per heavy atom. The summed E-state index contributed by atoms with van der Waals surface area (Å²) in [7, 11) is -3.38. The van der Waals surface area contributed by atoms with Crippen LogP contribution in [0.3, 0.4) is 0 Å².